The first kappa shape index (κ1) is 25.2. The number of anilines is 1. The Kier molecular flexibility index (Phi) is 6.44. The molecule has 2 aliphatic heterocycles. The summed E-state index contributed by atoms with van der Waals surface area (Å²) in [5, 5.41) is 36.6. The average Bonchev–Trinajstić information content (AvgIpc) is 2.82. The van der Waals surface area contributed by atoms with Gasteiger partial charge in [-0.1, -0.05) is 38.1 Å². The van der Waals surface area contributed by atoms with Gasteiger partial charge in [0, 0.05) is 24.5 Å². The van der Waals surface area contributed by atoms with E-state index in [9.17, 15) is 20.1 Å². The first-order valence-electron chi connectivity index (χ1n) is 11.5. The second-order valence-electron chi connectivity index (χ2n) is 10.2. The standard InChI is InChI=1S/C27H33NO7/c1-25(2)15-35-26(3,14-20(25)29)13-12-16-6-11-19-21(22(16)30)27(32,23(34-5)24(31)28-19)17-7-9-18(33-4)10-8-17/h6-13,20,23,29-30,32H,14-15H2,1-5H3,(H,28,31)/b13-12+. The summed E-state index contributed by atoms with van der Waals surface area (Å²) in [7, 11) is 2.87. The highest BCUT2D eigenvalue weighted by Gasteiger charge is 2.51. The van der Waals surface area contributed by atoms with E-state index in [2.05, 4.69) is 5.32 Å². The number of hydrogen-bond donors (Lipinski definition) is 4. The van der Waals surface area contributed by atoms with Gasteiger partial charge in [-0.2, -0.15) is 0 Å². The van der Waals surface area contributed by atoms with Crippen LogP contribution >= 0.6 is 0 Å². The van der Waals surface area contributed by atoms with Crippen LogP contribution in [-0.2, 0) is 19.9 Å². The number of amides is 1. The number of fused-ring (bicyclic) bond motifs is 1. The molecule has 35 heavy (non-hydrogen) atoms. The Labute approximate surface area is 205 Å². The van der Waals surface area contributed by atoms with E-state index in [1.54, 1.807) is 48.6 Å². The minimum absolute atomic E-state index is 0.132. The molecule has 0 aromatic heterocycles. The van der Waals surface area contributed by atoms with Gasteiger partial charge < -0.3 is 34.8 Å². The molecule has 0 radical (unpaired) electrons. The molecule has 4 atom stereocenters. The van der Waals surface area contributed by atoms with Gasteiger partial charge in [-0.3, -0.25) is 4.79 Å². The number of ether oxygens (including phenoxy) is 3. The van der Waals surface area contributed by atoms with Crippen molar-refractivity contribution in [3.05, 3.63) is 59.2 Å². The minimum atomic E-state index is -1.96. The second-order valence-corrected chi connectivity index (χ2v) is 10.2. The number of carbonyl (C=O) groups excluding carboxylic acids is 1. The summed E-state index contributed by atoms with van der Waals surface area (Å²) in [6.07, 6.45) is 2.06. The first-order valence-corrected chi connectivity index (χ1v) is 11.5. The number of hydrogen-bond acceptors (Lipinski definition) is 7. The number of nitrogens with one attached hydrogen (secondary N) is 1. The fourth-order valence-electron chi connectivity index (χ4n) is 4.72. The van der Waals surface area contributed by atoms with Crippen LogP contribution < -0.4 is 10.1 Å². The van der Waals surface area contributed by atoms with Crippen molar-refractivity contribution in [1.29, 1.82) is 0 Å². The molecule has 0 aliphatic carbocycles. The van der Waals surface area contributed by atoms with Crippen molar-refractivity contribution in [3.63, 3.8) is 0 Å². The number of aromatic hydroxyl groups is 1. The number of carbonyl (C=O) groups is 1. The van der Waals surface area contributed by atoms with Crippen LogP contribution in [0.5, 0.6) is 11.5 Å². The van der Waals surface area contributed by atoms with Gasteiger partial charge in [0.2, 0.25) is 0 Å². The SMILES string of the molecule is COc1ccc(C2(O)c3c(ccc(/C=C/C4(C)CC(O)C(C)(C)CO4)c3O)NC(=O)C2OC)cc1. The van der Waals surface area contributed by atoms with E-state index < -0.39 is 29.3 Å². The largest absolute Gasteiger partial charge is 0.507 e. The molecule has 8 heteroatoms. The highest BCUT2D eigenvalue weighted by Crippen LogP contribution is 2.48. The van der Waals surface area contributed by atoms with Crippen LogP contribution in [-0.4, -0.2) is 59.9 Å². The normalized spacial score (nSPS) is 30.1. The van der Waals surface area contributed by atoms with Gasteiger partial charge in [-0.25, -0.2) is 0 Å². The fourth-order valence-corrected chi connectivity index (χ4v) is 4.72. The van der Waals surface area contributed by atoms with Crippen LogP contribution in [0.3, 0.4) is 0 Å². The molecular weight excluding hydrogens is 450 g/mol. The smallest absolute Gasteiger partial charge is 0.257 e. The van der Waals surface area contributed by atoms with E-state index in [1.165, 1.54) is 14.2 Å². The van der Waals surface area contributed by atoms with E-state index in [0.29, 0.717) is 29.9 Å². The molecule has 4 rings (SSSR count). The molecule has 4 unspecified atom stereocenters. The number of aliphatic hydroxyl groups excluding tert-OH is 1. The Morgan fingerprint density at radius 1 is 1.11 bits per heavy atom. The summed E-state index contributed by atoms with van der Waals surface area (Å²) >= 11 is 0. The Morgan fingerprint density at radius 2 is 1.80 bits per heavy atom. The molecule has 0 saturated carbocycles. The molecule has 2 heterocycles. The van der Waals surface area contributed by atoms with Crippen molar-refractivity contribution in [2.75, 3.05) is 26.1 Å². The maximum absolute atomic E-state index is 12.8. The van der Waals surface area contributed by atoms with Gasteiger partial charge in [0.1, 0.15) is 11.5 Å². The van der Waals surface area contributed by atoms with Crippen LogP contribution in [0.4, 0.5) is 5.69 Å². The lowest BCUT2D eigenvalue weighted by molar-refractivity contribution is -0.147. The number of phenolic OH excluding ortho intramolecular Hbond substituents is 1. The minimum Gasteiger partial charge on any atom is -0.507 e. The van der Waals surface area contributed by atoms with E-state index in [1.807, 2.05) is 20.8 Å². The lowest BCUT2D eigenvalue weighted by Gasteiger charge is -2.43. The highest BCUT2D eigenvalue weighted by molar-refractivity contribution is 6.00. The summed E-state index contributed by atoms with van der Waals surface area (Å²) in [4.78, 5) is 12.8. The third-order valence-corrected chi connectivity index (χ3v) is 7.12. The number of methoxy groups -OCH3 is 2. The molecule has 1 fully saturated rings. The molecular formula is C27H33NO7. The van der Waals surface area contributed by atoms with Crippen molar-refractivity contribution in [2.24, 2.45) is 5.41 Å². The van der Waals surface area contributed by atoms with Gasteiger partial charge in [-0.05, 0) is 36.8 Å². The molecule has 2 aromatic carbocycles. The molecule has 1 saturated heterocycles. The quantitative estimate of drug-likeness (QED) is 0.516. The monoisotopic (exact) mass is 483 g/mol. The van der Waals surface area contributed by atoms with Crippen LogP contribution in [0.2, 0.25) is 0 Å². The maximum atomic E-state index is 12.8. The van der Waals surface area contributed by atoms with Crippen LogP contribution in [0, 0.1) is 5.41 Å². The van der Waals surface area contributed by atoms with Crippen LogP contribution in [0.15, 0.2) is 42.5 Å². The number of phenols is 1. The zero-order chi connectivity index (χ0) is 25.6. The summed E-state index contributed by atoms with van der Waals surface area (Å²) in [5.41, 5.74) is -1.83. The predicted octanol–water partition coefficient (Wildman–Crippen LogP) is 3.18. The molecule has 8 nitrogen and oxygen atoms in total. The molecule has 0 bridgehead atoms. The lowest BCUT2D eigenvalue weighted by atomic mass is 9.76. The summed E-state index contributed by atoms with van der Waals surface area (Å²) < 4.78 is 16.7. The lowest BCUT2D eigenvalue weighted by Crippen LogP contribution is -2.52. The molecule has 2 aliphatic rings. The highest BCUT2D eigenvalue weighted by atomic mass is 16.5. The van der Waals surface area contributed by atoms with Gasteiger partial charge in [0.15, 0.2) is 11.7 Å². The topological polar surface area (TPSA) is 117 Å². The Balaban J connectivity index is 1.78. The van der Waals surface area contributed by atoms with Crippen LogP contribution in [0.25, 0.3) is 6.08 Å². The first-order chi connectivity index (χ1) is 16.4. The Hall–Kier alpha value is -2.91. The summed E-state index contributed by atoms with van der Waals surface area (Å²) in [6.45, 7) is 6.18. The molecule has 2 aromatic rings. The summed E-state index contributed by atoms with van der Waals surface area (Å²) in [5.74, 6) is -0.140. The third kappa shape index (κ3) is 4.31. The van der Waals surface area contributed by atoms with Gasteiger partial charge >= 0.3 is 0 Å². The van der Waals surface area contributed by atoms with E-state index in [-0.39, 0.29) is 22.4 Å². The number of aliphatic hydroxyl groups is 2. The third-order valence-electron chi connectivity index (χ3n) is 7.12. The van der Waals surface area contributed by atoms with E-state index in [4.69, 9.17) is 14.2 Å². The summed E-state index contributed by atoms with van der Waals surface area (Å²) in [6, 6.07) is 9.89. The number of benzene rings is 2. The number of rotatable bonds is 5. The second kappa shape index (κ2) is 8.95. The van der Waals surface area contributed by atoms with E-state index >= 15 is 0 Å². The van der Waals surface area contributed by atoms with Crippen molar-refractivity contribution < 1.29 is 34.3 Å². The van der Waals surface area contributed by atoms with Gasteiger partial charge in [0.25, 0.3) is 5.91 Å². The molecule has 1 amide bonds. The zero-order valence-electron chi connectivity index (χ0n) is 20.7. The van der Waals surface area contributed by atoms with Crippen molar-refractivity contribution in [1.82, 2.24) is 0 Å². The van der Waals surface area contributed by atoms with Crippen molar-refractivity contribution in [2.45, 2.75) is 50.6 Å². The van der Waals surface area contributed by atoms with Crippen molar-refractivity contribution >= 4 is 17.7 Å². The Morgan fingerprint density at radius 3 is 2.40 bits per heavy atom. The average molecular weight is 484 g/mol. The molecule has 188 valence electrons. The van der Waals surface area contributed by atoms with E-state index in [0.717, 1.165) is 0 Å². The van der Waals surface area contributed by atoms with Crippen LogP contribution in [0.1, 0.15) is 43.9 Å². The van der Waals surface area contributed by atoms with Crippen molar-refractivity contribution in [3.8, 4) is 11.5 Å². The molecule has 4 N–H and O–H groups in total. The van der Waals surface area contributed by atoms with Gasteiger partial charge in [0.05, 0.1) is 36.7 Å². The predicted molar refractivity (Wildman–Crippen MR) is 131 cm³/mol. The van der Waals surface area contributed by atoms with Gasteiger partial charge in [-0.15, -0.1) is 0 Å². The Bertz CT molecular complexity index is 1140. The zero-order valence-corrected chi connectivity index (χ0v) is 20.7. The maximum Gasteiger partial charge on any atom is 0.257 e. The fraction of sp³-hybridized carbons (Fsp3) is 0.444. The molecule has 0 spiro atoms.